The second-order valence-corrected chi connectivity index (χ2v) is 6.60. The molecule has 2 atom stereocenters. The van der Waals surface area contributed by atoms with Crippen LogP contribution in [0.1, 0.15) is 13.8 Å². The van der Waals surface area contributed by atoms with E-state index < -0.39 is 0 Å². The van der Waals surface area contributed by atoms with Crippen molar-refractivity contribution in [3.63, 3.8) is 0 Å². The number of imidazole rings is 1. The molecule has 22 heavy (non-hydrogen) atoms. The van der Waals surface area contributed by atoms with Crippen LogP contribution in [0, 0.1) is 10.1 Å². The molecule has 0 radical (unpaired) electrons. The van der Waals surface area contributed by atoms with Crippen LogP contribution in [0.15, 0.2) is 11.6 Å². The number of hydrogen-bond donors (Lipinski definition) is 1. The molecule has 2 unspecified atom stereocenters. The van der Waals surface area contributed by atoms with Gasteiger partial charge in [-0.25, -0.2) is 0 Å². The number of nitrogens with zero attached hydrogens (tertiary/aromatic N) is 5. The zero-order valence-corrected chi connectivity index (χ0v) is 13.4. The molecule has 3 heterocycles. The molecule has 2 aromatic heterocycles. The number of piperazine rings is 1. The van der Waals surface area contributed by atoms with E-state index in [-0.39, 0.29) is 22.9 Å². The van der Waals surface area contributed by atoms with E-state index in [9.17, 15) is 15.2 Å². The Bertz CT molecular complexity index is 682. The van der Waals surface area contributed by atoms with Gasteiger partial charge in [-0.05, 0) is 18.8 Å². The van der Waals surface area contributed by atoms with Gasteiger partial charge in [-0.3, -0.25) is 4.90 Å². The first-order chi connectivity index (χ1) is 10.5. The van der Waals surface area contributed by atoms with Crippen molar-refractivity contribution in [1.82, 2.24) is 14.3 Å². The molecule has 8 nitrogen and oxygen atoms in total. The fraction of sp³-hybridized carbons (Fsp3) is 0.615. The standard InChI is InChI=1S/C13H19N5O3S/c1-9-7-15(8-10(2)19)3-4-16(9)11-12(18(20)21)17-5-6-22-13(17)14-11/h5-6,9-10,19H,3-4,7-8H2,1-2H3. The summed E-state index contributed by atoms with van der Waals surface area (Å²) in [4.78, 5) is 20.3. The minimum absolute atomic E-state index is 0.0343. The largest absolute Gasteiger partial charge is 0.392 e. The molecule has 0 bridgehead atoms. The molecule has 9 heteroatoms. The fourth-order valence-electron chi connectivity index (χ4n) is 3.01. The van der Waals surface area contributed by atoms with Crippen LogP contribution >= 0.6 is 11.3 Å². The number of aromatic nitrogens is 2. The highest BCUT2D eigenvalue weighted by Crippen LogP contribution is 2.33. The van der Waals surface area contributed by atoms with Crippen molar-refractivity contribution in [3.8, 4) is 0 Å². The number of nitro groups is 1. The minimum Gasteiger partial charge on any atom is -0.392 e. The van der Waals surface area contributed by atoms with Gasteiger partial charge in [-0.1, -0.05) is 11.3 Å². The number of aliphatic hydroxyl groups excluding tert-OH is 1. The van der Waals surface area contributed by atoms with E-state index >= 15 is 0 Å². The van der Waals surface area contributed by atoms with Gasteiger partial charge in [0.15, 0.2) is 0 Å². The van der Waals surface area contributed by atoms with Crippen LogP contribution in [0.3, 0.4) is 0 Å². The van der Waals surface area contributed by atoms with Crippen molar-refractivity contribution in [2.45, 2.75) is 26.0 Å². The molecule has 120 valence electrons. The number of hydrogen-bond acceptors (Lipinski definition) is 7. The lowest BCUT2D eigenvalue weighted by Crippen LogP contribution is -2.53. The third kappa shape index (κ3) is 2.67. The Morgan fingerprint density at radius 2 is 2.36 bits per heavy atom. The highest BCUT2D eigenvalue weighted by molar-refractivity contribution is 7.15. The highest BCUT2D eigenvalue weighted by Gasteiger charge is 2.33. The summed E-state index contributed by atoms with van der Waals surface area (Å²) in [5.41, 5.74) is 0. The van der Waals surface area contributed by atoms with Gasteiger partial charge in [0.25, 0.3) is 4.96 Å². The Hall–Kier alpha value is -1.71. The van der Waals surface area contributed by atoms with Gasteiger partial charge < -0.3 is 20.1 Å². The Labute approximate surface area is 131 Å². The predicted octanol–water partition coefficient (Wildman–Crippen LogP) is 1.20. The van der Waals surface area contributed by atoms with Crippen molar-refractivity contribution in [1.29, 1.82) is 0 Å². The van der Waals surface area contributed by atoms with Crippen LogP contribution in [0.4, 0.5) is 11.6 Å². The smallest absolute Gasteiger partial charge is 0.373 e. The first-order valence-electron chi connectivity index (χ1n) is 7.24. The topological polar surface area (TPSA) is 87.2 Å². The number of thiazole rings is 1. The summed E-state index contributed by atoms with van der Waals surface area (Å²) in [5.74, 6) is 0.480. The maximum Gasteiger partial charge on any atom is 0.373 e. The molecule has 1 aliphatic rings. The first kappa shape index (κ1) is 15.2. The summed E-state index contributed by atoms with van der Waals surface area (Å²) in [5, 5.41) is 22.7. The third-order valence-electron chi connectivity index (χ3n) is 3.90. The summed E-state index contributed by atoms with van der Waals surface area (Å²) in [6, 6.07) is 0.107. The number of aliphatic hydroxyl groups is 1. The zero-order chi connectivity index (χ0) is 15.9. The number of β-amino-alcohol motifs (C(OH)–C–C–N with tert-alkyl or cyclic N) is 1. The number of fused-ring (bicyclic) bond motifs is 1. The molecule has 0 spiro atoms. The number of anilines is 1. The van der Waals surface area contributed by atoms with E-state index in [0.717, 1.165) is 13.1 Å². The molecule has 1 saturated heterocycles. The van der Waals surface area contributed by atoms with Crippen molar-refractivity contribution in [2.75, 3.05) is 31.1 Å². The Kier molecular flexibility index (Phi) is 4.02. The van der Waals surface area contributed by atoms with E-state index in [1.54, 1.807) is 18.5 Å². The molecule has 0 amide bonds. The predicted molar refractivity (Wildman–Crippen MR) is 84.7 cm³/mol. The SMILES string of the molecule is CC(O)CN1CCN(c2nc3sccn3c2[N+](=O)[O-])C(C)C1. The number of rotatable bonds is 4. The second kappa shape index (κ2) is 5.82. The molecule has 2 aromatic rings. The van der Waals surface area contributed by atoms with Crippen molar-refractivity contribution >= 4 is 27.9 Å². The fourth-order valence-corrected chi connectivity index (χ4v) is 3.72. The molecular formula is C13H19N5O3S. The van der Waals surface area contributed by atoms with Crippen molar-refractivity contribution in [3.05, 3.63) is 21.7 Å². The Balaban J connectivity index is 1.87. The summed E-state index contributed by atoms with van der Waals surface area (Å²) in [7, 11) is 0. The van der Waals surface area contributed by atoms with Crippen LogP contribution < -0.4 is 4.90 Å². The third-order valence-corrected chi connectivity index (χ3v) is 4.65. The van der Waals surface area contributed by atoms with E-state index in [1.807, 2.05) is 11.8 Å². The molecule has 0 saturated carbocycles. The van der Waals surface area contributed by atoms with Gasteiger partial charge in [0.2, 0.25) is 5.82 Å². The van der Waals surface area contributed by atoms with Gasteiger partial charge in [0, 0.05) is 37.6 Å². The molecule has 1 fully saturated rings. The van der Waals surface area contributed by atoms with Gasteiger partial charge in [-0.2, -0.15) is 9.38 Å². The van der Waals surface area contributed by atoms with Gasteiger partial charge in [-0.15, -0.1) is 0 Å². The van der Waals surface area contributed by atoms with Crippen LogP contribution in [-0.4, -0.2) is 62.6 Å². The van der Waals surface area contributed by atoms with E-state index in [1.165, 1.54) is 15.7 Å². The Morgan fingerprint density at radius 3 is 3.00 bits per heavy atom. The maximum absolute atomic E-state index is 11.4. The monoisotopic (exact) mass is 325 g/mol. The Morgan fingerprint density at radius 1 is 1.59 bits per heavy atom. The van der Waals surface area contributed by atoms with E-state index in [0.29, 0.717) is 23.9 Å². The molecule has 1 aliphatic heterocycles. The van der Waals surface area contributed by atoms with Crippen LogP contribution in [0.2, 0.25) is 0 Å². The maximum atomic E-state index is 11.4. The van der Waals surface area contributed by atoms with Gasteiger partial charge in [0.1, 0.15) is 6.20 Å². The first-order valence-corrected chi connectivity index (χ1v) is 8.12. The van der Waals surface area contributed by atoms with Crippen molar-refractivity contribution < 1.29 is 10.0 Å². The molecule has 3 rings (SSSR count). The van der Waals surface area contributed by atoms with Crippen LogP contribution in [0.5, 0.6) is 0 Å². The van der Waals surface area contributed by atoms with Crippen LogP contribution in [0.25, 0.3) is 4.96 Å². The highest BCUT2D eigenvalue weighted by atomic mass is 32.1. The van der Waals surface area contributed by atoms with E-state index in [2.05, 4.69) is 9.88 Å². The van der Waals surface area contributed by atoms with E-state index in [4.69, 9.17) is 0 Å². The summed E-state index contributed by atoms with van der Waals surface area (Å²) < 4.78 is 1.54. The van der Waals surface area contributed by atoms with Crippen LogP contribution in [-0.2, 0) is 0 Å². The minimum atomic E-state index is -0.369. The molecule has 0 aromatic carbocycles. The lowest BCUT2D eigenvalue weighted by molar-refractivity contribution is -0.389. The molecule has 0 aliphatic carbocycles. The normalized spacial score (nSPS) is 21.4. The van der Waals surface area contributed by atoms with Gasteiger partial charge >= 0.3 is 5.82 Å². The summed E-state index contributed by atoms with van der Waals surface area (Å²) in [6.45, 7) is 6.61. The van der Waals surface area contributed by atoms with Gasteiger partial charge in [0.05, 0.1) is 6.10 Å². The zero-order valence-electron chi connectivity index (χ0n) is 12.5. The molecule has 1 N–H and O–H groups in total. The average molecular weight is 325 g/mol. The average Bonchev–Trinajstić information content (AvgIpc) is 2.97. The second-order valence-electron chi connectivity index (χ2n) is 5.72. The lowest BCUT2D eigenvalue weighted by Gasteiger charge is -2.40. The lowest BCUT2D eigenvalue weighted by atomic mass is 10.2. The summed E-state index contributed by atoms with van der Waals surface area (Å²) in [6.07, 6.45) is 1.31. The van der Waals surface area contributed by atoms with Crippen molar-refractivity contribution in [2.24, 2.45) is 0 Å². The summed E-state index contributed by atoms with van der Waals surface area (Å²) >= 11 is 1.39. The quantitative estimate of drug-likeness (QED) is 0.671. The molecular weight excluding hydrogens is 306 g/mol.